The maximum atomic E-state index is 4.66. The fourth-order valence-corrected chi connectivity index (χ4v) is 1.93. The van der Waals surface area contributed by atoms with Crippen LogP contribution in [0.3, 0.4) is 0 Å². The highest BCUT2D eigenvalue weighted by Gasteiger charge is 2.25. The summed E-state index contributed by atoms with van der Waals surface area (Å²) in [5.74, 6) is 0.730. The minimum atomic E-state index is 0.730. The number of piperidine rings is 1. The first-order valence-electron chi connectivity index (χ1n) is 4.42. The van der Waals surface area contributed by atoms with Gasteiger partial charge in [0.15, 0.2) is 0 Å². The first kappa shape index (κ1) is 7.65. The molecule has 66 valence electrons. The van der Waals surface area contributed by atoms with Gasteiger partial charge in [0, 0.05) is 19.3 Å². The maximum Gasteiger partial charge on any atom is 0.106 e. The van der Waals surface area contributed by atoms with Crippen molar-refractivity contribution in [2.24, 2.45) is 11.1 Å². The van der Waals surface area contributed by atoms with Gasteiger partial charge in [0.25, 0.3) is 0 Å². The lowest BCUT2D eigenvalue weighted by Gasteiger charge is -2.37. The number of rotatable bonds is 2. The van der Waals surface area contributed by atoms with Gasteiger partial charge in [0.05, 0.1) is 6.21 Å². The predicted molar refractivity (Wildman–Crippen MR) is 47.9 cm³/mol. The van der Waals surface area contributed by atoms with Crippen LogP contribution in [0.2, 0.25) is 0 Å². The monoisotopic (exact) mass is 166 g/mol. The second-order valence-corrected chi connectivity index (χ2v) is 3.36. The van der Waals surface area contributed by atoms with E-state index >= 15 is 0 Å². The number of allylic oxidation sites excluding steroid dienone is 1. The first-order chi connectivity index (χ1) is 5.90. The van der Waals surface area contributed by atoms with Crippen molar-refractivity contribution < 1.29 is 4.84 Å². The number of hydrogen-bond acceptors (Lipinski definition) is 3. The van der Waals surface area contributed by atoms with Gasteiger partial charge in [0.1, 0.15) is 7.11 Å². The van der Waals surface area contributed by atoms with E-state index in [0.717, 1.165) is 5.92 Å². The van der Waals surface area contributed by atoms with Gasteiger partial charge in [-0.1, -0.05) is 5.16 Å². The van der Waals surface area contributed by atoms with E-state index in [9.17, 15) is 0 Å². The van der Waals surface area contributed by atoms with Crippen molar-refractivity contribution in [1.82, 2.24) is 4.90 Å². The highest BCUT2D eigenvalue weighted by molar-refractivity contribution is 5.79. The summed E-state index contributed by atoms with van der Waals surface area (Å²) in [5, 5.41) is 3.79. The van der Waals surface area contributed by atoms with Crippen LogP contribution in [0.5, 0.6) is 0 Å². The van der Waals surface area contributed by atoms with Gasteiger partial charge in [0.2, 0.25) is 0 Å². The zero-order chi connectivity index (χ0) is 8.39. The molecule has 2 bridgehead atoms. The Kier molecular flexibility index (Phi) is 2.02. The molecule has 0 spiro atoms. The minimum absolute atomic E-state index is 0.730. The van der Waals surface area contributed by atoms with Crippen molar-refractivity contribution in [3.05, 3.63) is 11.8 Å². The van der Waals surface area contributed by atoms with Crippen molar-refractivity contribution in [3.8, 4) is 0 Å². The predicted octanol–water partition coefficient (Wildman–Crippen LogP) is 1.23. The van der Waals surface area contributed by atoms with Gasteiger partial charge in [-0.25, -0.2) is 0 Å². The maximum absolute atomic E-state index is 4.66. The Morgan fingerprint density at radius 3 is 2.83 bits per heavy atom. The standard InChI is InChI=1S/C9H14N2O/c1-12-10-6-9-7-11-4-2-8(9)3-5-11/h6-8H,2-5H2,1H3/b10-6+. The lowest BCUT2D eigenvalue weighted by Crippen LogP contribution is -2.36. The molecule has 0 saturated carbocycles. The third-order valence-corrected chi connectivity index (χ3v) is 2.64. The third-order valence-electron chi connectivity index (χ3n) is 2.64. The summed E-state index contributed by atoms with van der Waals surface area (Å²) in [5.41, 5.74) is 1.33. The molecule has 0 atom stereocenters. The minimum Gasteiger partial charge on any atom is -0.399 e. The molecule has 0 aromatic carbocycles. The van der Waals surface area contributed by atoms with Gasteiger partial charge in [-0.15, -0.1) is 0 Å². The molecule has 0 amide bonds. The highest BCUT2D eigenvalue weighted by Crippen LogP contribution is 2.29. The van der Waals surface area contributed by atoms with E-state index in [1.807, 2.05) is 6.21 Å². The number of fused-ring (bicyclic) bond motifs is 2. The molecular weight excluding hydrogens is 152 g/mol. The summed E-state index contributed by atoms with van der Waals surface area (Å²) in [6, 6.07) is 0. The molecule has 12 heavy (non-hydrogen) atoms. The molecule has 3 aliphatic rings. The SMILES string of the molecule is CO/N=C/C1=CN2CCC1CC2. The van der Waals surface area contributed by atoms with Gasteiger partial charge in [-0.3, -0.25) is 0 Å². The Hall–Kier alpha value is -0.990. The number of oxime groups is 1. The van der Waals surface area contributed by atoms with E-state index in [1.54, 1.807) is 7.11 Å². The van der Waals surface area contributed by atoms with E-state index < -0.39 is 0 Å². The summed E-state index contributed by atoms with van der Waals surface area (Å²) < 4.78 is 0. The summed E-state index contributed by atoms with van der Waals surface area (Å²) in [4.78, 5) is 7.02. The molecule has 0 aliphatic carbocycles. The zero-order valence-electron chi connectivity index (χ0n) is 7.36. The highest BCUT2D eigenvalue weighted by atomic mass is 16.6. The molecule has 0 aromatic heterocycles. The molecule has 1 saturated heterocycles. The van der Waals surface area contributed by atoms with Gasteiger partial charge in [-0.05, 0) is 24.3 Å². The smallest absolute Gasteiger partial charge is 0.106 e. The van der Waals surface area contributed by atoms with Gasteiger partial charge >= 0.3 is 0 Å². The molecule has 0 aromatic rings. The van der Waals surface area contributed by atoms with E-state index in [2.05, 4.69) is 21.1 Å². The molecule has 3 heterocycles. The quantitative estimate of drug-likeness (QED) is 0.455. The average Bonchev–Trinajstić information content (AvgIpc) is 2.17. The third kappa shape index (κ3) is 1.31. The Balaban J connectivity index is 2.10. The fourth-order valence-electron chi connectivity index (χ4n) is 1.93. The Morgan fingerprint density at radius 2 is 2.33 bits per heavy atom. The lowest BCUT2D eigenvalue weighted by molar-refractivity contribution is 0.211. The van der Waals surface area contributed by atoms with Crippen LogP contribution in [-0.2, 0) is 4.84 Å². The van der Waals surface area contributed by atoms with Crippen LogP contribution in [-0.4, -0.2) is 31.3 Å². The normalized spacial score (nSPS) is 23.4. The fraction of sp³-hybridized carbons (Fsp3) is 0.667. The summed E-state index contributed by atoms with van der Waals surface area (Å²) >= 11 is 0. The van der Waals surface area contributed by atoms with Crippen LogP contribution in [0.15, 0.2) is 16.9 Å². The van der Waals surface area contributed by atoms with Crippen LogP contribution >= 0.6 is 0 Å². The van der Waals surface area contributed by atoms with Crippen molar-refractivity contribution >= 4 is 6.21 Å². The van der Waals surface area contributed by atoms with Crippen LogP contribution in [0.25, 0.3) is 0 Å². The Bertz CT molecular complexity index is 215. The molecule has 1 fully saturated rings. The molecular formula is C9H14N2O. The summed E-state index contributed by atoms with van der Waals surface area (Å²) in [6.45, 7) is 2.43. The zero-order valence-corrected chi connectivity index (χ0v) is 7.36. The lowest BCUT2D eigenvalue weighted by atomic mass is 9.86. The number of nitrogens with zero attached hydrogens (tertiary/aromatic N) is 2. The van der Waals surface area contributed by atoms with Gasteiger partial charge < -0.3 is 9.74 Å². The summed E-state index contributed by atoms with van der Waals surface area (Å²) in [7, 11) is 1.58. The molecule has 3 heteroatoms. The Morgan fingerprint density at radius 1 is 1.58 bits per heavy atom. The molecule has 0 radical (unpaired) electrons. The average molecular weight is 166 g/mol. The largest absolute Gasteiger partial charge is 0.399 e. The number of hydrogen-bond donors (Lipinski definition) is 0. The van der Waals surface area contributed by atoms with Crippen LogP contribution in [0.4, 0.5) is 0 Å². The van der Waals surface area contributed by atoms with Crippen molar-refractivity contribution in [2.75, 3.05) is 20.2 Å². The van der Waals surface area contributed by atoms with E-state index in [1.165, 1.54) is 31.5 Å². The summed E-state index contributed by atoms with van der Waals surface area (Å²) in [6.07, 6.45) is 6.61. The van der Waals surface area contributed by atoms with Crippen molar-refractivity contribution in [1.29, 1.82) is 0 Å². The molecule has 3 nitrogen and oxygen atoms in total. The first-order valence-corrected chi connectivity index (χ1v) is 4.42. The van der Waals surface area contributed by atoms with Crippen LogP contribution in [0, 0.1) is 5.92 Å². The molecule has 3 aliphatic heterocycles. The molecule has 0 N–H and O–H groups in total. The molecule has 3 rings (SSSR count). The topological polar surface area (TPSA) is 24.8 Å². The van der Waals surface area contributed by atoms with Crippen molar-refractivity contribution in [3.63, 3.8) is 0 Å². The Labute approximate surface area is 72.7 Å². The van der Waals surface area contributed by atoms with Gasteiger partial charge in [-0.2, -0.15) is 0 Å². The van der Waals surface area contributed by atoms with Crippen LogP contribution < -0.4 is 0 Å². The van der Waals surface area contributed by atoms with E-state index in [-0.39, 0.29) is 0 Å². The molecule has 0 unspecified atom stereocenters. The van der Waals surface area contributed by atoms with Crippen LogP contribution in [0.1, 0.15) is 12.8 Å². The van der Waals surface area contributed by atoms with Crippen molar-refractivity contribution in [2.45, 2.75) is 12.8 Å². The van der Waals surface area contributed by atoms with E-state index in [4.69, 9.17) is 0 Å². The van der Waals surface area contributed by atoms with E-state index in [0.29, 0.717) is 0 Å². The second kappa shape index (κ2) is 3.17. The second-order valence-electron chi connectivity index (χ2n) is 3.36.